The Morgan fingerprint density at radius 1 is 0.648 bits per heavy atom. The minimum atomic E-state index is -0.918. The van der Waals surface area contributed by atoms with Crippen molar-refractivity contribution in [1.29, 1.82) is 0 Å². The Balaban J connectivity index is 0.000000470. The maximum atomic E-state index is 13.5. The molecule has 278 valence electrons. The quantitative estimate of drug-likeness (QED) is 0.284. The monoisotopic (exact) mass is 807 g/mol. The summed E-state index contributed by atoms with van der Waals surface area (Å²) >= 11 is 0. The summed E-state index contributed by atoms with van der Waals surface area (Å²) in [4.78, 5) is 71.4. The number of fused-ring (bicyclic) bond motifs is 3. The van der Waals surface area contributed by atoms with Crippen LogP contribution in [0, 0.1) is 139 Å². The Hall–Kier alpha value is -1.99. The van der Waals surface area contributed by atoms with Crippen LogP contribution in [0.1, 0.15) is 42.9 Å². The average Bonchev–Trinajstić information content (AvgIpc) is 4.03. The van der Waals surface area contributed by atoms with Gasteiger partial charge in [-0.2, -0.15) is 0 Å². The molecule has 2 saturated heterocycles. The third-order valence-electron chi connectivity index (χ3n) is 10.2. The van der Waals surface area contributed by atoms with Crippen molar-refractivity contribution in [2.75, 3.05) is 32.7 Å². The van der Waals surface area contributed by atoms with Gasteiger partial charge in [-0.3, -0.25) is 24.0 Å². The average molecular weight is 808 g/mol. The first-order valence-electron chi connectivity index (χ1n) is 18.2. The molecule has 0 bridgehead atoms. The number of Topliss-reactive ketones (excluding diaryl/α,β-unsaturated/α-hetero) is 2. The molecule has 1 unspecified atom stereocenters. The number of piperazine rings is 1. The van der Waals surface area contributed by atoms with Gasteiger partial charge in [-0.25, -0.2) is 0 Å². The molecule has 7 aliphatic rings. The summed E-state index contributed by atoms with van der Waals surface area (Å²) in [5.74, 6) is -0.874. The Bertz CT molecular complexity index is 1320. The zero-order valence-electron chi connectivity index (χ0n) is 30.1. The van der Waals surface area contributed by atoms with Crippen LogP contribution in [0.4, 0.5) is 0 Å². The predicted octanol–water partition coefficient (Wildman–Crippen LogP) is 4.58. The summed E-state index contributed by atoms with van der Waals surface area (Å²) in [7, 11) is 0. The summed E-state index contributed by atoms with van der Waals surface area (Å²) in [5, 5.41) is 0. The number of hydrogen-bond acceptors (Lipinski definition) is 5. The largest absolute Gasteiger partial charge is 2.00 e. The third kappa shape index (κ3) is 11.8. The Labute approximate surface area is 346 Å². The molecule has 0 spiro atoms. The van der Waals surface area contributed by atoms with E-state index in [9.17, 15) is 24.0 Å². The minimum absolute atomic E-state index is 0. The van der Waals surface area contributed by atoms with Gasteiger partial charge in [0.25, 0.3) is 0 Å². The molecule has 3 amide bonds. The second kappa shape index (κ2) is 22.7. The smallest absolute Gasteiger partial charge is 0.343 e. The number of rotatable bonds is 8. The van der Waals surface area contributed by atoms with Crippen LogP contribution in [0.3, 0.4) is 0 Å². The standard InChI is InChI=1S/C34H35N3O5.2C5H5.2Fe/c38-30(14-13-28(32(40)24-8-1-2-9-24)33(41)25-10-3-4-11-25)35-18-15-26(16-19-35)34(42)36-21-29-27-12-6-5-7-23(27)17-20-37(29)31(39)22-36;2*1-2-4-5-3-1;;/h1-12,26,28-29H,13-22H2;2*1-5H;;/q;;;2*+2. The van der Waals surface area contributed by atoms with Crippen molar-refractivity contribution in [2.24, 2.45) is 11.8 Å². The van der Waals surface area contributed by atoms with Crippen LogP contribution >= 0.6 is 0 Å². The molecular weight excluding hydrogens is 762 g/mol. The molecule has 0 aromatic heterocycles. The molecule has 6 fully saturated rings. The van der Waals surface area contributed by atoms with E-state index >= 15 is 0 Å². The van der Waals surface area contributed by atoms with Crippen molar-refractivity contribution in [3.05, 3.63) is 163 Å². The normalized spacial score (nSPS) is 22.9. The first-order valence-corrected chi connectivity index (χ1v) is 18.2. The maximum Gasteiger partial charge on any atom is 2.00 e. The van der Waals surface area contributed by atoms with Crippen LogP contribution in [-0.2, 0) is 64.5 Å². The maximum absolute atomic E-state index is 13.5. The van der Waals surface area contributed by atoms with E-state index < -0.39 is 5.92 Å². The molecule has 3 heterocycles. The Kier molecular flexibility index (Phi) is 18.8. The van der Waals surface area contributed by atoms with Gasteiger partial charge in [0.05, 0.1) is 18.5 Å². The molecule has 1 aromatic rings. The van der Waals surface area contributed by atoms with E-state index in [1.807, 2.05) is 81.2 Å². The van der Waals surface area contributed by atoms with E-state index in [0.29, 0.717) is 50.9 Å². The molecule has 4 saturated carbocycles. The van der Waals surface area contributed by atoms with E-state index in [4.69, 9.17) is 0 Å². The van der Waals surface area contributed by atoms with Gasteiger partial charge >= 0.3 is 34.1 Å². The molecule has 3 aliphatic heterocycles. The van der Waals surface area contributed by atoms with E-state index in [-0.39, 0.29) is 94.8 Å². The van der Waals surface area contributed by atoms with E-state index in [2.05, 4.69) is 12.1 Å². The molecule has 1 atom stereocenters. The SMILES string of the molecule is O=C([C]1[CH][CH][CH][CH]1)C(CCC(=O)N1CCC(C(=O)N2CC(=O)N3CCc4ccccc4C3C2)CC1)C(=O)[C]1[CH][CH][CH][CH]1.[CH]1[CH][CH][CH][CH]1.[CH]1[CH][CH][CH][CH]1.[Fe+2].[Fe+2]. The van der Waals surface area contributed by atoms with Crippen molar-refractivity contribution >= 4 is 29.3 Å². The first kappa shape index (κ1) is 44.7. The van der Waals surface area contributed by atoms with Crippen LogP contribution in [0.2, 0.25) is 0 Å². The fourth-order valence-corrected chi connectivity index (χ4v) is 7.40. The second-order valence-electron chi connectivity index (χ2n) is 13.5. The number of amides is 3. The second-order valence-corrected chi connectivity index (χ2v) is 13.5. The first-order chi connectivity index (χ1) is 25.4. The van der Waals surface area contributed by atoms with Crippen LogP contribution < -0.4 is 0 Å². The van der Waals surface area contributed by atoms with Gasteiger partial charge in [0, 0.05) is 50.4 Å². The van der Waals surface area contributed by atoms with Crippen molar-refractivity contribution in [3.63, 3.8) is 0 Å². The van der Waals surface area contributed by atoms with Crippen LogP contribution in [0.15, 0.2) is 24.3 Å². The molecule has 4 aliphatic carbocycles. The number of carbonyl (C=O) groups excluding carboxylic acids is 5. The fraction of sp³-hybridized carbons (Fsp3) is 0.295. The van der Waals surface area contributed by atoms with Gasteiger partial charge in [-0.1, -0.05) is 24.3 Å². The van der Waals surface area contributed by atoms with Gasteiger partial charge in [0.2, 0.25) is 17.7 Å². The molecule has 10 heteroatoms. The molecule has 1 aromatic carbocycles. The van der Waals surface area contributed by atoms with Crippen LogP contribution in [0.5, 0.6) is 0 Å². The third-order valence-corrected chi connectivity index (χ3v) is 10.2. The molecule has 20 radical (unpaired) electrons. The van der Waals surface area contributed by atoms with Crippen LogP contribution in [-0.4, -0.2) is 76.7 Å². The molecule has 8 rings (SSSR count). The zero-order valence-corrected chi connectivity index (χ0v) is 32.3. The zero-order chi connectivity index (χ0) is 36.3. The summed E-state index contributed by atoms with van der Waals surface area (Å²) in [6.07, 6.45) is 35.9. The molecule has 0 N–H and O–H groups in total. The number of benzene rings is 1. The topological polar surface area (TPSA) is 95.1 Å². The van der Waals surface area contributed by atoms with Crippen molar-refractivity contribution in [3.8, 4) is 0 Å². The van der Waals surface area contributed by atoms with Crippen molar-refractivity contribution in [1.82, 2.24) is 14.7 Å². The molecule has 8 nitrogen and oxygen atoms in total. The summed E-state index contributed by atoms with van der Waals surface area (Å²) in [5.41, 5.74) is 2.37. The predicted molar refractivity (Wildman–Crippen MR) is 197 cm³/mol. The molecule has 54 heavy (non-hydrogen) atoms. The number of piperidine rings is 1. The number of likely N-dealkylation sites (tertiary alicyclic amines) is 1. The van der Waals surface area contributed by atoms with Crippen molar-refractivity contribution in [2.45, 2.75) is 38.1 Å². The van der Waals surface area contributed by atoms with Crippen molar-refractivity contribution < 1.29 is 58.1 Å². The van der Waals surface area contributed by atoms with Gasteiger partial charge in [-0.15, -0.1) is 0 Å². The van der Waals surface area contributed by atoms with E-state index in [0.717, 1.165) is 12.0 Å². The van der Waals surface area contributed by atoms with Crippen LogP contribution in [0.25, 0.3) is 0 Å². The van der Waals surface area contributed by atoms with Gasteiger partial charge in [-0.05, 0) is 152 Å². The number of hydrogen-bond donors (Lipinski definition) is 0. The summed E-state index contributed by atoms with van der Waals surface area (Å²) < 4.78 is 0. The Morgan fingerprint density at radius 3 is 1.67 bits per heavy atom. The van der Waals surface area contributed by atoms with Gasteiger partial charge in [0.1, 0.15) is 0 Å². The molecular formula is C44H45Fe2N3O5+4. The van der Waals surface area contributed by atoms with E-state index in [1.54, 1.807) is 61.2 Å². The Morgan fingerprint density at radius 2 is 1.15 bits per heavy atom. The van der Waals surface area contributed by atoms with Gasteiger partial charge in [0.15, 0.2) is 11.6 Å². The van der Waals surface area contributed by atoms with E-state index in [1.165, 1.54) is 5.56 Å². The fourth-order valence-electron chi connectivity index (χ4n) is 7.40. The number of carbonyl (C=O) groups is 5. The van der Waals surface area contributed by atoms with Gasteiger partial charge < -0.3 is 14.7 Å². The number of nitrogens with zero attached hydrogens (tertiary/aromatic N) is 3. The minimum Gasteiger partial charge on any atom is -0.343 e. The summed E-state index contributed by atoms with van der Waals surface area (Å²) in [6, 6.07) is 8.05. The number of ketones is 2. The summed E-state index contributed by atoms with van der Waals surface area (Å²) in [6.45, 7) is 2.16.